The summed E-state index contributed by atoms with van der Waals surface area (Å²) in [6.07, 6.45) is 6.92. The Hall–Kier alpha value is -0.340. The highest BCUT2D eigenvalue weighted by Crippen LogP contribution is 2.40. The van der Waals surface area contributed by atoms with Crippen molar-refractivity contribution in [3.8, 4) is 0 Å². The van der Waals surface area contributed by atoms with Crippen molar-refractivity contribution < 1.29 is 0 Å². The molecule has 2 heteroatoms. The van der Waals surface area contributed by atoms with Crippen LogP contribution in [0.5, 0.6) is 0 Å². The van der Waals surface area contributed by atoms with Crippen LogP contribution < -0.4 is 5.32 Å². The van der Waals surface area contributed by atoms with Gasteiger partial charge in [0.15, 0.2) is 0 Å². The first-order valence-electron chi connectivity index (χ1n) is 7.60. The fourth-order valence-electron chi connectivity index (χ4n) is 3.67. The van der Waals surface area contributed by atoms with Gasteiger partial charge in [-0.25, -0.2) is 0 Å². The van der Waals surface area contributed by atoms with E-state index in [1.165, 1.54) is 47.7 Å². The highest BCUT2D eigenvalue weighted by molar-refractivity contribution is 9.10. The smallest absolute Gasteiger partial charge is 0.0348 e. The summed E-state index contributed by atoms with van der Waals surface area (Å²) in [5.41, 5.74) is 2.79. The molecule has 1 N–H and O–H groups in total. The first kappa shape index (κ1) is 15.1. The highest BCUT2D eigenvalue weighted by Gasteiger charge is 2.30. The van der Waals surface area contributed by atoms with Crippen molar-refractivity contribution in [2.45, 2.75) is 52.0 Å². The van der Waals surface area contributed by atoms with Crippen molar-refractivity contribution in [1.82, 2.24) is 5.32 Å². The molecule has 0 aliphatic heterocycles. The molecular formula is C17H26BrN. The maximum Gasteiger partial charge on any atom is 0.0348 e. The molecule has 19 heavy (non-hydrogen) atoms. The SMILES string of the molecule is CCC1CCCCC1C(NC)c1ccc(Br)c(C)c1. The number of hydrogen-bond donors (Lipinski definition) is 1. The number of benzene rings is 1. The third kappa shape index (κ3) is 3.41. The fraction of sp³-hybridized carbons (Fsp3) is 0.647. The summed E-state index contributed by atoms with van der Waals surface area (Å²) in [5.74, 6) is 1.68. The zero-order valence-corrected chi connectivity index (χ0v) is 14.0. The van der Waals surface area contributed by atoms with E-state index in [0.717, 1.165) is 11.8 Å². The Morgan fingerprint density at radius 2 is 2.05 bits per heavy atom. The average Bonchev–Trinajstić information content (AvgIpc) is 2.44. The van der Waals surface area contributed by atoms with Crippen LogP contribution in [0.1, 0.15) is 56.2 Å². The Kier molecular flexibility index (Phi) is 5.47. The van der Waals surface area contributed by atoms with Crippen LogP contribution in [0.15, 0.2) is 22.7 Å². The third-order valence-electron chi connectivity index (χ3n) is 4.77. The van der Waals surface area contributed by atoms with Gasteiger partial charge in [-0.15, -0.1) is 0 Å². The summed E-state index contributed by atoms with van der Waals surface area (Å²) < 4.78 is 1.21. The Bertz CT molecular complexity index is 416. The molecule has 0 spiro atoms. The molecule has 0 radical (unpaired) electrons. The molecule has 1 aromatic carbocycles. The second-order valence-electron chi connectivity index (χ2n) is 5.89. The maximum absolute atomic E-state index is 3.60. The summed E-state index contributed by atoms with van der Waals surface area (Å²) in [6.45, 7) is 4.53. The van der Waals surface area contributed by atoms with Crippen LogP contribution >= 0.6 is 15.9 Å². The second kappa shape index (κ2) is 6.90. The zero-order chi connectivity index (χ0) is 13.8. The first-order chi connectivity index (χ1) is 9.17. The minimum atomic E-state index is 0.511. The van der Waals surface area contributed by atoms with Gasteiger partial charge in [0.05, 0.1) is 0 Å². The molecule has 3 atom stereocenters. The predicted octanol–water partition coefficient (Wildman–Crippen LogP) is 5.23. The molecule has 0 amide bonds. The Morgan fingerprint density at radius 3 is 2.68 bits per heavy atom. The molecule has 0 bridgehead atoms. The third-order valence-corrected chi connectivity index (χ3v) is 5.66. The number of nitrogens with one attached hydrogen (secondary N) is 1. The highest BCUT2D eigenvalue weighted by atomic mass is 79.9. The zero-order valence-electron chi connectivity index (χ0n) is 12.4. The van der Waals surface area contributed by atoms with Gasteiger partial charge in [-0.3, -0.25) is 0 Å². The van der Waals surface area contributed by atoms with Gasteiger partial charge in [0.25, 0.3) is 0 Å². The van der Waals surface area contributed by atoms with Gasteiger partial charge in [0.2, 0.25) is 0 Å². The van der Waals surface area contributed by atoms with E-state index in [4.69, 9.17) is 0 Å². The average molecular weight is 324 g/mol. The molecule has 1 aromatic rings. The van der Waals surface area contributed by atoms with Crippen molar-refractivity contribution in [1.29, 1.82) is 0 Å². The van der Waals surface area contributed by atoms with Gasteiger partial charge < -0.3 is 5.32 Å². The lowest BCUT2D eigenvalue weighted by molar-refractivity contribution is 0.180. The van der Waals surface area contributed by atoms with E-state index in [1.807, 2.05) is 0 Å². The van der Waals surface area contributed by atoms with Gasteiger partial charge >= 0.3 is 0 Å². The lowest BCUT2D eigenvalue weighted by Crippen LogP contribution is -2.32. The normalized spacial score (nSPS) is 25.3. The molecule has 0 heterocycles. The molecular weight excluding hydrogens is 298 g/mol. The maximum atomic E-state index is 3.60. The molecule has 106 valence electrons. The molecule has 1 aliphatic rings. The Balaban J connectivity index is 2.24. The minimum Gasteiger partial charge on any atom is -0.313 e. The van der Waals surface area contributed by atoms with Crippen molar-refractivity contribution in [2.24, 2.45) is 11.8 Å². The second-order valence-corrected chi connectivity index (χ2v) is 6.75. The van der Waals surface area contributed by atoms with Gasteiger partial charge in [0.1, 0.15) is 0 Å². The summed E-state index contributed by atoms with van der Waals surface area (Å²) >= 11 is 3.60. The van der Waals surface area contributed by atoms with Crippen LogP contribution in [-0.2, 0) is 0 Å². The largest absolute Gasteiger partial charge is 0.313 e. The monoisotopic (exact) mass is 323 g/mol. The molecule has 0 saturated heterocycles. The molecule has 3 unspecified atom stereocenters. The lowest BCUT2D eigenvalue weighted by Gasteiger charge is -2.37. The predicted molar refractivity (Wildman–Crippen MR) is 86.4 cm³/mol. The van der Waals surface area contributed by atoms with Crippen LogP contribution in [-0.4, -0.2) is 7.05 Å². The van der Waals surface area contributed by atoms with Crippen LogP contribution in [0.25, 0.3) is 0 Å². The van der Waals surface area contributed by atoms with E-state index in [2.05, 4.69) is 60.3 Å². The van der Waals surface area contributed by atoms with Crippen LogP contribution in [0.2, 0.25) is 0 Å². The van der Waals surface area contributed by atoms with Gasteiger partial charge in [-0.1, -0.05) is 60.7 Å². The van der Waals surface area contributed by atoms with Crippen LogP contribution in [0.4, 0.5) is 0 Å². The van der Waals surface area contributed by atoms with Crippen molar-refractivity contribution >= 4 is 15.9 Å². The van der Waals surface area contributed by atoms with E-state index < -0.39 is 0 Å². The minimum absolute atomic E-state index is 0.511. The van der Waals surface area contributed by atoms with Crippen molar-refractivity contribution in [3.63, 3.8) is 0 Å². The molecule has 1 saturated carbocycles. The van der Waals surface area contributed by atoms with E-state index in [9.17, 15) is 0 Å². The quantitative estimate of drug-likeness (QED) is 0.799. The van der Waals surface area contributed by atoms with Crippen LogP contribution in [0.3, 0.4) is 0 Å². The standard InChI is InChI=1S/C17H26BrN/c1-4-13-7-5-6-8-15(13)17(19-3)14-9-10-16(18)12(2)11-14/h9-11,13,15,17,19H,4-8H2,1-3H3. The molecule has 0 aromatic heterocycles. The van der Waals surface area contributed by atoms with E-state index in [-0.39, 0.29) is 0 Å². The Morgan fingerprint density at radius 1 is 1.32 bits per heavy atom. The van der Waals surface area contributed by atoms with Crippen molar-refractivity contribution in [3.05, 3.63) is 33.8 Å². The summed E-state index contributed by atoms with van der Waals surface area (Å²) in [4.78, 5) is 0. The molecule has 2 rings (SSSR count). The van der Waals surface area contributed by atoms with Crippen LogP contribution in [0, 0.1) is 18.8 Å². The number of hydrogen-bond acceptors (Lipinski definition) is 1. The Labute approximate surface area is 126 Å². The van der Waals surface area contributed by atoms with E-state index in [1.54, 1.807) is 0 Å². The summed E-state index contributed by atoms with van der Waals surface area (Å²) in [6, 6.07) is 7.32. The molecule has 1 aliphatic carbocycles. The summed E-state index contributed by atoms with van der Waals surface area (Å²) in [7, 11) is 2.11. The summed E-state index contributed by atoms with van der Waals surface area (Å²) in [5, 5.41) is 3.58. The number of rotatable bonds is 4. The fourth-order valence-corrected chi connectivity index (χ4v) is 3.92. The van der Waals surface area contributed by atoms with E-state index in [0.29, 0.717) is 6.04 Å². The van der Waals surface area contributed by atoms with Gasteiger partial charge in [-0.05, 0) is 49.4 Å². The molecule has 1 fully saturated rings. The van der Waals surface area contributed by atoms with Gasteiger partial charge in [0, 0.05) is 10.5 Å². The number of aryl methyl sites for hydroxylation is 1. The van der Waals surface area contributed by atoms with Crippen molar-refractivity contribution in [2.75, 3.05) is 7.05 Å². The van der Waals surface area contributed by atoms with E-state index >= 15 is 0 Å². The lowest BCUT2D eigenvalue weighted by atomic mass is 9.72. The topological polar surface area (TPSA) is 12.0 Å². The van der Waals surface area contributed by atoms with Gasteiger partial charge in [-0.2, -0.15) is 0 Å². The number of halogens is 1. The first-order valence-corrected chi connectivity index (χ1v) is 8.40. The molecule has 1 nitrogen and oxygen atoms in total.